The Hall–Kier alpha value is -2.67. The number of likely N-dealkylation sites (tertiary alicyclic amines) is 1. The lowest BCUT2D eigenvalue weighted by atomic mass is 9.97. The largest absolute Gasteiger partial charge is 0.493 e. The van der Waals surface area contributed by atoms with Crippen molar-refractivity contribution in [2.75, 3.05) is 26.0 Å². The number of rotatable bonds is 8. The molecule has 35 heavy (non-hydrogen) atoms. The van der Waals surface area contributed by atoms with Gasteiger partial charge >= 0.3 is 0 Å². The van der Waals surface area contributed by atoms with E-state index >= 15 is 0 Å². The number of amides is 1. The van der Waals surface area contributed by atoms with E-state index in [1.54, 1.807) is 6.07 Å². The van der Waals surface area contributed by atoms with E-state index < -0.39 is 21.7 Å². The Morgan fingerprint density at radius 3 is 2.54 bits per heavy atom. The second-order valence-corrected chi connectivity index (χ2v) is 11.5. The third-order valence-electron chi connectivity index (χ3n) is 6.30. The highest BCUT2D eigenvalue weighted by molar-refractivity contribution is 7.89. The average Bonchev–Trinajstić information content (AvgIpc) is 3.62. The van der Waals surface area contributed by atoms with Gasteiger partial charge in [0.15, 0.2) is 5.69 Å². The molecule has 0 unspecified atom stereocenters. The van der Waals surface area contributed by atoms with Gasteiger partial charge in [-0.3, -0.25) is 9.69 Å². The van der Waals surface area contributed by atoms with Crippen molar-refractivity contribution in [1.82, 2.24) is 9.62 Å². The Balaban J connectivity index is 1.35. The number of ether oxygens (including phenoxy) is 1. The fourth-order valence-electron chi connectivity index (χ4n) is 4.37. The summed E-state index contributed by atoms with van der Waals surface area (Å²) in [5.74, 6) is -0.855. The zero-order chi connectivity index (χ0) is 25.2. The molecule has 1 N–H and O–H groups in total. The molecule has 2 fully saturated rings. The minimum atomic E-state index is -3.79. The Bertz CT molecular complexity index is 1270. The Labute approximate surface area is 210 Å². The first-order valence-electron chi connectivity index (χ1n) is 11.5. The Kier molecular flexibility index (Phi) is 7.64. The molecule has 1 amide bonds. The van der Waals surface area contributed by atoms with Gasteiger partial charge < -0.3 is 4.74 Å². The fraction of sp³-hybridized carbons (Fsp3) is 0.440. The van der Waals surface area contributed by atoms with E-state index in [-0.39, 0.29) is 11.5 Å². The average molecular weight is 520 g/mol. The van der Waals surface area contributed by atoms with Crippen molar-refractivity contribution in [2.24, 2.45) is 5.92 Å². The third kappa shape index (κ3) is 6.94. The molecule has 0 aromatic heterocycles. The Morgan fingerprint density at radius 2 is 1.91 bits per heavy atom. The van der Waals surface area contributed by atoms with Crippen molar-refractivity contribution in [2.45, 2.75) is 38.1 Å². The normalized spacial score (nSPS) is 17.1. The maximum atomic E-state index is 14.7. The van der Waals surface area contributed by atoms with Crippen LogP contribution in [0.15, 0.2) is 30.3 Å². The number of halogens is 2. The van der Waals surface area contributed by atoms with Crippen molar-refractivity contribution in [3.05, 3.63) is 69.3 Å². The van der Waals surface area contributed by atoms with Crippen LogP contribution in [0.4, 0.5) is 10.1 Å². The van der Waals surface area contributed by atoms with Gasteiger partial charge in [-0.05, 0) is 79.9 Å². The highest BCUT2D eigenvalue weighted by Gasteiger charge is 2.30. The van der Waals surface area contributed by atoms with Gasteiger partial charge in [0.25, 0.3) is 5.91 Å². The molecule has 2 aromatic rings. The minimum absolute atomic E-state index is 0.190. The molecule has 0 radical (unpaired) electrons. The number of piperidine rings is 1. The van der Waals surface area contributed by atoms with Crippen molar-refractivity contribution >= 4 is 33.2 Å². The van der Waals surface area contributed by atoms with Crippen LogP contribution in [0.2, 0.25) is 5.02 Å². The predicted octanol–water partition coefficient (Wildman–Crippen LogP) is 4.89. The van der Waals surface area contributed by atoms with Crippen LogP contribution in [0.1, 0.15) is 53.1 Å². The number of carbonyl (C=O) groups is 1. The number of hydrogen-bond donors (Lipinski definition) is 1. The first kappa shape index (κ1) is 25.4. The van der Waals surface area contributed by atoms with Crippen molar-refractivity contribution in [1.29, 1.82) is 0 Å². The van der Waals surface area contributed by atoms with Crippen LogP contribution in [0.5, 0.6) is 5.75 Å². The minimum Gasteiger partial charge on any atom is -0.493 e. The number of sulfonamides is 1. The van der Waals surface area contributed by atoms with E-state index in [0.717, 1.165) is 62.7 Å². The molecule has 2 aromatic carbocycles. The van der Waals surface area contributed by atoms with E-state index in [1.807, 2.05) is 16.9 Å². The molecular weight excluding hydrogens is 493 g/mol. The summed E-state index contributed by atoms with van der Waals surface area (Å²) in [6.07, 6.45) is 4.55. The zero-order valence-corrected chi connectivity index (χ0v) is 21.0. The second kappa shape index (κ2) is 10.5. The van der Waals surface area contributed by atoms with Crippen LogP contribution in [-0.2, 0) is 16.6 Å². The zero-order valence-electron chi connectivity index (χ0n) is 19.4. The number of nitrogens with zero attached hydrogens (tertiary/aromatic N) is 2. The van der Waals surface area contributed by atoms with Gasteiger partial charge in [0.05, 0.1) is 25.0 Å². The van der Waals surface area contributed by atoms with E-state index in [1.165, 1.54) is 12.1 Å². The third-order valence-corrected chi connectivity index (χ3v) is 7.07. The monoisotopic (exact) mass is 519 g/mol. The molecule has 0 atom stereocenters. The van der Waals surface area contributed by atoms with Crippen LogP contribution >= 0.6 is 11.6 Å². The second-order valence-electron chi connectivity index (χ2n) is 9.31. The molecule has 10 heteroatoms. The number of hydrogen-bond acceptors (Lipinski definition) is 5. The summed E-state index contributed by atoms with van der Waals surface area (Å²) in [7, 11) is -3.79. The first-order valence-corrected chi connectivity index (χ1v) is 13.8. The molecule has 2 aliphatic rings. The number of benzene rings is 2. The van der Waals surface area contributed by atoms with Crippen LogP contribution in [0.3, 0.4) is 0 Å². The highest BCUT2D eigenvalue weighted by atomic mass is 35.5. The molecule has 4 rings (SSSR count). The molecular formula is C25H27ClFN3O4S. The van der Waals surface area contributed by atoms with Gasteiger partial charge in [0, 0.05) is 17.6 Å². The summed E-state index contributed by atoms with van der Waals surface area (Å²) in [6.45, 7) is 10.1. The van der Waals surface area contributed by atoms with Crippen LogP contribution < -0.4 is 9.46 Å². The standard InChI is InChI=1S/C25H27ClFN3O4S/c1-28-20-10-17(9-19(26)11-20)14-30-7-5-16(6-8-30)15-34-24-13-23(27)22(12-21(24)18-3-4-18)25(31)29-35(2,32)33/h9-13,16,18H,3-8,14-15H2,2H3,(H,29,31). The summed E-state index contributed by atoms with van der Waals surface area (Å²) in [4.78, 5) is 18.0. The van der Waals surface area contributed by atoms with Gasteiger partial charge in [-0.1, -0.05) is 17.7 Å². The molecule has 7 nitrogen and oxygen atoms in total. The molecule has 186 valence electrons. The molecule has 1 saturated heterocycles. The first-order chi connectivity index (χ1) is 16.6. The van der Waals surface area contributed by atoms with Gasteiger partial charge in [-0.15, -0.1) is 0 Å². The molecule has 1 aliphatic heterocycles. The van der Waals surface area contributed by atoms with E-state index in [2.05, 4.69) is 9.74 Å². The quantitative estimate of drug-likeness (QED) is 0.502. The number of nitrogens with one attached hydrogen (secondary N) is 1. The summed E-state index contributed by atoms with van der Waals surface area (Å²) in [5.41, 5.74) is 2.01. The van der Waals surface area contributed by atoms with Crippen molar-refractivity contribution in [3.63, 3.8) is 0 Å². The smallest absolute Gasteiger partial charge is 0.267 e. The molecule has 0 spiro atoms. The molecule has 0 bridgehead atoms. The number of carbonyl (C=O) groups excluding carboxylic acids is 1. The fourth-order valence-corrected chi connectivity index (χ4v) is 5.07. The maximum absolute atomic E-state index is 14.7. The topological polar surface area (TPSA) is 80.1 Å². The van der Waals surface area contributed by atoms with Gasteiger partial charge in [0.2, 0.25) is 10.0 Å². The summed E-state index contributed by atoms with van der Waals surface area (Å²) < 4.78 is 45.3. The molecule has 1 heterocycles. The van der Waals surface area contributed by atoms with Crippen molar-refractivity contribution < 1.29 is 22.3 Å². The summed E-state index contributed by atoms with van der Waals surface area (Å²) in [6, 6.07) is 8.04. The predicted molar refractivity (Wildman–Crippen MR) is 132 cm³/mol. The SMILES string of the molecule is [C-]#[N+]c1cc(Cl)cc(CN2CCC(COc3cc(F)c(C(=O)NS(C)(=O)=O)cc3C3CC3)CC2)c1. The van der Waals surface area contributed by atoms with Gasteiger partial charge in [-0.2, -0.15) is 0 Å². The Morgan fingerprint density at radius 1 is 1.20 bits per heavy atom. The molecule has 1 aliphatic carbocycles. The van der Waals surface area contributed by atoms with Gasteiger partial charge in [0.1, 0.15) is 11.6 Å². The van der Waals surface area contributed by atoms with E-state index in [9.17, 15) is 17.6 Å². The van der Waals surface area contributed by atoms with E-state index in [4.69, 9.17) is 22.9 Å². The van der Waals surface area contributed by atoms with Crippen LogP contribution in [0.25, 0.3) is 4.85 Å². The van der Waals surface area contributed by atoms with Crippen molar-refractivity contribution in [3.8, 4) is 5.75 Å². The maximum Gasteiger partial charge on any atom is 0.267 e. The highest BCUT2D eigenvalue weighted by Crippen LogP contribution is 2.45. The lowest BCUT2D eigenvalue weighted by Gasteiger charge is -2.32. The summed E-state index contributed by atoms with van der Waals surface area (Å²) in [5, 5.41) is 0.565. The summed E-state index contributed by atoms with van der Waals surface area (Å²) >= 11 is 6.12. The molecule has 1 saturated carbocycles. The van der Waals surface area contributed by atoms with E-state index in [0.29, 0.717) is 29.0 Å². The lowest BCUT2D eigenvalue weighted by Crippen LogP contribution is -2.35. The lowest BCUT2D eigenvalue weighted by molar-refractivity contribution is 0.0977. The van der Waals surface area contributed by atoms with Crippen LogP contribution in [-0.4, -0.2) is 45.2 Å². The van der Waals surface area contributed by atoms with Crippen LogP contribution in [0, 0.1) is 18.3 Å². The van der Waals surface area contributed by atoms with Gasteiger partial charge in [-0.25, -0.2) is 22.4 Å².